The third-order valence-electron chi connectivity index (χ3n) is 5.10. The Hall–Kier alpha value is -3.42. The molecule has 0 unspecified atom stereocenters. The van der Waals surface area contributed by atoms with Crippen molar-refractivity contribution in [2.24, 2.45) is 0 Å². The van der Waals surface area contributed by atoms with Crippen molar-refractivity contribution in [2.45, 2.75) is 46.1 Å². The zero-order valence-corrected chi connectivity index (χ0v) is 17.2. The summed E-state index contributed by atoms with van der Waals surface area (Å²) in [7, 11) is 0. The lowest BCUT2D eigenvalue weighted by Crippen LogP contribution is -2.37. The summed E-state index contributed by atoms with van der Waals surface area (Å²) in [6.07, 6.45) is 4.93. The first-order chi connectivity index (χ1) is 14.5. The van der Waals surface area contributed by atoms with E-state index in [0.717, 1.165) is 41.3 Å². The van der Waals surface area contributed by atoms with Crippen LogP contribution >= 0.6 is 0 Å². The predicted molar refractivity (Wildman–Crippen MR) is 112 cm³/mol. The Morgan fingerprint density at radius 1 is 1.03 bits per heavy atom. The molecule has 8 nitrogen and oxygen atoms in total. The maximum Gasteiger partial charge on any atom is 0.228 e. The molecule has 1 aliphatic heterocycles. The zero-order chi connectivity index (χ0) is 21.1. The van der Waals surface area contributed by atoms with Gasteiger partial charge in [-0.3, -0.25) is 19.5 Å². The first-order valence-electron chi connectivity index (χ1n) is 10.1. The van der Waals surface area contributed by atoms with E-state index in [9.17, 15) is 9.59 Å². The molecule has 0 saturated carbocycles. The second-order valence-corrected chi connectivity index (χ2v) is 7.64. The van der Waals surface area contributed by atoms with E-state index in [0.29, 0.717) is 12.2 Å². The van der Waals surface area contributed by atoms with Crippen molar-refractivity contribution in [3.8, 4) is 11.3 Å². The van der Waals surface area contributed by atoms with Gasteiger partial charge in [0.1, 0.15) is 11.6 Å². The largest absolute Gasteiger partial charge is 0.299 e. The lowest BCUT2D eigenvalue weighted by atomic mass is 10.1. The van der Waals surface area contributed by atoms with Crippen LogP contribution in [-0.2, 0) is 22.6 Å². The van der Waals surface area contributed by atoms with Crippen LogP contribution in [0, 0.1) is 13.8 Å². The number of hydrogen-bond acceptors (Lipinski definition) is 6. The molecule has 0 atom stereocenters. The minimum absolute atomic E-state index is 0.0238. The van der Waals surface area contributed by atoms with Crippen molar-refractivity contribution in [2.75, 3.05) is 11.4 Å². The Morgan fingerprint density at radius 2 is 1.90 bits per heavy atom. The number of carbonyl (C=O) groups is 2. The Balaban J connectivity index is 1.32. The summed E-state index contributed by atoms with van der Waals surface area (Å²) in [6.45, 7) is 5.37. The van der Waals surface area contributed by atoms with E-state index in [2.05, 4.69) is 20.3 Å². The van der Waals surface area contributed by atoms with Gasteiger partial charge in [0.15, 0.2) is 0 Å². The highest BCUT2D eigenvalue weighted by Gasteiger charge is 2.24. The number of hydrogen-bond donors (Lipinski definition) is 0. The van der Waals surface area contributed by atoms with Crippen LogP contribution in [-0.4, -0.2) is 43.2 Å². The fraction of sp³-hybridized carbons (Fsp3) is 0.364. The van der Waals surface area contributed by atoms with Crippen LogP contribution in [0.4, 0.5) is 5.82 Å². The maximum absolute atomic E-state index is 12.7. The fourth-order valence-electron chi connectivity index (χ4n) is 3.63. The van der Waals surface area contributed by atoms with E-state index in [1.165, 1.54) is 0 Å². The summed E-state index contributed by atoms with van der Waals surface area (Å²) in [5.41, 5.74) is 4.15. The van der Waals surface area contributed by atoms with E-state index in [1.54, 1.807) is 23.4 Å². The second-order valence-electron chi connectivity index (χ2n) is 7.64. The topological polar surface area (TPSA) is 93.9 Å². The Labute approximate surface area is 175 Å². The molecule has 3 aromatic rings. The Kier molecular flexibility index (Phi) is 5.65. The summed E-state index contributed by atoms with van der Waals surface area (Å²) < 4.78 is 1.86. The number of aromatic nitrogens is 5. The van der Waals surface area contributed by atoms with E-state index in [1.807, 2.05) is 36.7 Å². The summed E-state index contributed by atoms with van der Waals surface area (Å²) in [4.78, 5) is 30.9. The molecule has 1 amide bonds. The molecule has 3 aromatic heterocycles. The highest BCUT2D eigenvalue weighted by Crippen LogP contribution is 2.23. The van der Waals surface area contributed by atoms with Gasteiger partial charge in [0.05, 0.1) is 23.5 Å². The van der Waals surface area contributed by atoms with Gasteiger partial charge in [-0.25, -0.2) is 4.68 Å². The number of amides is 1. The number of anilines is 1. The van der Waals surface area contributed by atoms with Crippen LogP contribution in [0.3, 0.4) is 0 Å². The minimum Gasteiger partial charge on any atom is -0.299 e. The standard InChI is InChI=1S/C22H24N6O2/c1-15-10-17(14-23-13-15)20-6-4-18(24-25-20)12-19(29)5-7-22(30)27-8-3-9-28-21(27)11-16(2)26-28/h4,6,10-11,13-14H,3,5,7-9,12H2,1-2H3. The summed E-state index contributed by atoms with van der Waals surface area (Å²) in [6, 6.07) is 7.55. The van der Waals surface area contributed by atoms with Gasteiger partial charge in [0.2, 0.25) is 5.91 Å². The van der Waals surface area contributed by atoms with Crippen LogP contribution in [0.15, 0.2) is 36.7 Å². The molecule has 154 valence electrons. The number of Topliss-reactive ketones (excluding diaryl/α,β-unsaturated/α-hetero) is 1. The number of aryl methyl sites for hydroxylation is 3. The van der Waals surface area contributed by atoms with E-state index in [4.69, 9.17) is 0 Å². The van der Waals surface area contributed by atoms with Crippen LogP contribution in [0.2, 0.25) is 0 Å². The Bertz CT molecular complexity index is 1070. The highest BCUT2D eigenvalue weighted by atomic mass is 16.2. The number of carbonyl (C=O) groups excluding carboxylic acids is 2. The molecule has 4 rings (SSSR count). The number of pyridine rings is 1. The molecule has 0 bridgehead atoms. The average molecular weight is 404 g/mol. The quantitative estimate of drug-likeness (QED) is 0.627. The van der Waals surface area contributed by atoms with Crippen molar-refractivity contribution in [1.82, 2.24) is 25.0 Å². The van der Waals surface area contributed by atoms with Gasteiger partial charge in [-0.15, -0.1) is 0 Å². The molecule has 0 N–H and O–H groups in total. The summed E-state index contributed by atoms with van der Waals surface area (Å²) in [5, 5.41) is 12.8. The normalized spacial score (nSPS) is 13.2. The first kappa shape index (κ1) is 19.9. The number of fused-ring (bicyclic) bond motifs is 1. The highest BCUT2D eigenvalue weighted by molar-refractivity contribution is 5.95. The molecule has 4 heterocycles. The molecule has 0 radical (unpaired) electrons. The van der Waals surface area contributed by atoms with E-state index < -0.39 is 0 Å². The summed E-state index contributed by atoms with van der Waals surface area (Å²) >= 11 is 0. The second kappa shape index (κ2) is 8.52. The molecule has 0 spiro atoms. The number of nitrogens with zero attached hydrogens (tertiary/aromatic N) is 6. The number of ketones is 1. The summed E-state index contributed by atoms with van der Waals surface area (Å²) in [5.74, 6) is 0.755. The molecule has 0 aliphatic carbocycles. The molecule has 30 heavy (non-hydrogen) atoms. The van der Waals surface area contributed by atoms with Gasteiger partial charge in [0, 0.05) is 50.0 Å². The zero-order valence-electron chi connectivity index (χ0n) is 17.2. The third-order valence-corrected chi connectivity index (χ3v) is 5.10. The molecule has 8 heteroatoms. The van der Waals surface area contributed by atoms with Gasteiger partial charge in [-0.05, 0) is 44.0 Å². The van der Waals surface area contributed by atoms with Crippen LogP contribution < -0.4 is 4.90 Å². The molecule has 0 fully saturated rings. The van der Waals surface area contributed by atoms with Crippen LogP contribution in [0.5, 0.6) is 0 Å². The van der Waals surface area contributed by atoms with Gasteiger partial charge in [-0.1, -0.05) is 0 Å². The Morgan fingerprint density at radius 3 is 2.67 bits per heavy atom. The molecule has 0 saturated heterocycles. The third kappa shape index (κ3) is 4.42. The monoisotopic (exact) mass is 404 g/mol. The first-order valence-corrected chi connectivity index (χ1v) is 10.1. The van der Waals surface area contributed by atoms with E-state index in [-0.39, 0.29) is 31.0 Å². The fourth-order valence-corrected chi connectivity index (χ4v) is 3.63. The average Bonchev–Trinajstić information content (AvgIpc) is 3.12. The smallest absolute Gasteiger partial charge is 0.228 e. The van der Waals surface area contributed by atoms with Crippen molar-refractivity contribution in [3.05, 3.63) is 53.6 Å². The van der Waals surface area contributed by atoms with Gasteiger partial charge < -0.3 is 0 Å². The van der Waals surface area contributed by atoms with Crippen LogP contribution in [0.1, 0.15) is 36.2 Å². The predicted octanol–water partition coefficient (Wildman–Crippen LogP) is 2.68. The minimum atomic E-state index is -0.0439. The molecular weight excluding hydrogens is 380 g/mol. The van der Waals surface area contributed by atoms with Gasteiger partial charge in [0.25, 0.3) is 0 Å². The van der Waals surface area contributed by atoms with Gasteiger partial charge >= 0.3 is 0 Å². The maximum atomic E-state index is 12.7. The lowest BCUT2D eigenvalue weighted by Gasteiger charge is -2.27. The van der Waals surface area contributed by atoms with Crippen LogP contribution in [0.25, 0.3) is 11.3 Å². The van der Waals surface area contributed by atoms with E-state index >= 15 is 0 Å². The molecule has 0 aromatic carbocycles. The molecule has 1 aliphatic rings. The van der Waals surface area contributed by atoms with Crippen molar-refractivity contribution >= 4 is 17.5 Å². The molecular formula is C22H24N6O2. The van der Waals surface area contributed by atoms with Crippen molar-refractivity contribution < 1.29 is 9.59 Å². The SMILES string of the molecule is Cc1cncc(-c2ccc(CC(=O)CCC(=O)N3CCCn4nc(C)cc43)nn2)c1. The van der Waals surface area contributed by atoms with Gasteiger partial charge in [-0.2, -0.15) is 15.3 Å². The van der Waals surface area contributed by atoms with Crippen molar-refractivity contribution in [1.29, 1.82) is 0 Å². The number of rotatable bonds is 6. The lowest BCUT2D eigenvalue weighted by molar-refractivity contribution is -0.123. The van der Waals surface area contributed by atoms with Crippen molar-refractivity contribution in [3.63, 3.8) is 0 Å².